The lowest BCUT2D eigenvalue weighted by molar-refractivity contribution is 0.354. The number of methoxy groups -OCH3 is 2. The summed E-state index contributed by atoms with van der Waals surface area (Å²) in [7, 11) is 3.31. The van der Waals surface area contributed by atoms with Crippen molar-refractivity contribution < 1.29 is 9.47 Å². The smallest absolute Gasteiger partial charge is 0.161 e. The van der Waals surface area contributed by atoms with Gasteiger partial charge in [0.25, 0.3) is 0 Å². The summed E-state index contributed by atoms with van der Waals surface area (Å²) < 4.78 is 10.6. The molecule has 0 aliphatic carbocycles. The minimum atomic E-state index is 0.755. The van der Waals surface area contributed by atoms with Crippen molar-refractivity contribution in [2.75, 3.05) is 14.2 Å². The van der Waals surface area contributed by atoms with Crippen LogP contribution >= 0.6 is 0 Å². The molecule has 0 radical (unpaired) electrons. The van der Waals surface area contributed by atoms with Crippen LogP contribution in [-0.4, -0.2) is 14.2 Å². The van der Waals surface area contributed by atoms with E-state index >= 15 is 0 Å². The van der Waals surface area contributed by atoms with Crippen molar-refractivity contribution in [3.8, 4) is 11.5 Å². The highest BCUT2D eigenvalue weighted by molar-refractivity contribution is 5.82. The molecule has 3 nitrogen and oxygen atoms in total. The van der Waals surface area contributed by atoms with Gasteiger partial charge in [0, 0.05) is 13.1 Å². The monoisotopic (exact) mass is 307 g/mol. The van der Waals surface area contributed by atoms with Crippen molar-refractivity contribution in [2.45, 2.75) is 13.1 Å². The topological polar surface area (TPSA) is 30.5 Å². The number of nitrogens with one attached hydrogen (secondary N) is 1. The fourth-order valence-electron chi connectivity index (χ4n) is 2.69. The van der Waals surface area contributed by atoms with Crippen LogP contribution in [0.25, 0.3) is 10.8 Å². The second kappa shape index (κ2) is 7.16. The van der Waals surface area contributed by atoms with Crippen molar-refractivity contribution in [2.24, 2.45) is 0 Å². The van der Waals surface area contributed by atoms with Crippen LogP contribution < -0.4 is 14.8 Å². The SMILES string of the molecule is COc1ccc(CNCc2ccc3ccccc3c2)cc1OC. The number of hydrogen-bond acceptors (Lipinski definition) is 3. The molecule has 3 aromatic rings. The van der Waals surface area contributed by atoms with Gasteiger partial charge in [-0.1, -0.05) is 42.5 Å². The molecule has 0 fully saturated rings. The highest BCUT2D eigenvalue weighted by Crippen LogP contribution is 2.27. The first-order valence-corrected chi connectivity index (χ1v) is 7.69. The molecule has 23 heavy (non-hydrogen) atoms. The van der Waals surface area contributed by atoms with E-state index in [0.29, 0.717) is 0 Å². The Bertz CT molecular complexity index is 799. The number of benzene rings is 3. The number of rotatable bonds is 6. The molecule has 3 rings (SSSR count). The van der Waals surface area contributed by atoms with Gasteiger partial charge in [-0.05, 0) is 40.1 Å². The van der Waals surface area contributed by atoms with Crippen molar-refractivity contribution in [3.63, 3.8) is 0 Å². The molecule has 3 aromatic carbocycles. The lowest BCUT2D eigenvalue weighted by Gasteiger charge is -2.10. The van der Waals surface area contributed by atoms with E-state index < -0.39 is 0 Å². The first-order chi connectivity index (χ1) is 11.3. The minimum absolute atomic E-state index is 0.755. The molecule has 0 aliphatic rings. The zero-order chi connectivity index (χ0) is 16.1. The Hall–Kier alpha value is -2.52. The van der Waals surface area contributed by atoms with Gasteiger partial charge in [0.15, 0.2) is 11.5 Å². The minimum Gasteiger partial charge on any atom is -0.493 e. The molecule has 1 N–H and O–H groups in total. The van der Waals surface area contributed by atoms with Crippen LogP contribution in [0.4, 0.5) is 0 Å². The summed E-state index contributed by atoms with van der Waals surface area (Å²) in [6, 6.07) is 21.0. The maximum atomic E-state index is 5.34. The van der Waals surface area contributed by atoms with Gasteiger partial charge in [-0.2, -0.15) is 0 Å². The molecule has 0 amide bonds. The maximum Gasteiger partial charge on any atom is 0.161 e. The van der Waals surface area contributed by atoms with Crippen LogP contribution in [0.15, 0.2) is 60.7 Å². The summed E-state index contributed by atoms with van der Waals surface area (Å²) in [5.41, 5.74) is 2.45. The predicted molar refractivity (Wildman–Crippen MR) is 94.0 cm³/mol. The Balaban J connectivity index is 1.64. The molecule has 0 spiro atoms. The van der Waals surface area contributed by atoms with Gasteiger partial charge in [0.05, 0.1) is 14.2 Å². The maximum absolute atomic E-state index is 5.34. The Morgan fingerprint density at radius 1 is 0.696 bits per heavy atom. The zero-order valence-corrected chi connectivity index (χ0v) is 13.5. The average Bonchev–Trinajstić information content (AvgIpc) is 2.61. The Morgan fingerprint density at radius 2 is 1.35 bits per heavy atom. The summed E-state index contributed by atoms with van der Waals surface area (Å²) in [6.45, 7) is 1.62. The van der Waals surface area contributed by atoms with Gasteiger partial charge < -0.3 is 14.8 Å². The van der Waals surface area contributed by atoms with Gasteiger partial charge in [-0.15, -0.1) is 0 Å². The summed E-state index contributed by atoms with van der Waals surface area (Å²) in [5.74, 6) is 1.52. The van der Waals surface area contributed by atoms with E-state index in [1.807, 2.05) is 12.1 Å². The van der Waals surface area contributed by atoms with E-state index in [2.05, 4.69) is 53.8 Å². The lowest BCUT2D eigenvalue weighted by atomic mass is 10.1. The highest BCUT2D eigenvalue weighted by atomic mass is 16.5. The number of ether oxygens (including phenoxy) is 2. The van der Waals surface area contributed by atoms with E-state index in [1.54, 1.807) is 14.2 Å². The molecule has 0 heterocycles. The van der Waals surface area contributed by atoms with Crippen LogP contribution in [0.2, 0.25) is 0 Å². The second-order valence-corrected chi connectivity index (χ2v) is 5.47. The van der Waals surface area contributed by atoms with E-state index in [4.69, 9.17) is 9.47 Å². The first-order valence-electron chi connectivity index (χ1n) is 7.69. The van der Waals surface area contributed by atoms with Crippen molar-refractivity contribution >= 4 is 10.8 Å². The van der Waals surface area contributed by atoms with Crippen LogP contribution in [0.5, 0.6) is 11.5 Å². The number of fused-ring (bicyclic) bond motifs is 1. The average molecular weight is 307 g/mol. The summed E-state index contributed by atoms with van der Waals surface area (Å²) in [6.07, 6.45) is 0. The fraction of sp³-hybridized carbons (Fsp3) is 0.200. The summed E-state index contributed by atoms with van der Waals surface area (Å²) >= 11 is 0. The van der Waals surface area contributed by atoms with E-state index in [1.165, 1.54) is 21.9 Å². The fourth-order valence-corrected chi connectivity index (χ4v) is 2.69. The van der Waals surface area contributed by atoms with Gasteiger partial charge in [0.2, 0.25) is 0 Å². The van der Waals surface area contributed by atoms with Gasteiger partial charge in [-0.3, -0.25) is 0 Å². The third-order valence-electron chi connectivity index (χ3n) is 3.92. The molecule has 118 valence electrons. The van der Waals surface area contributed by atoms with Crippen LogP contribution in [0, 0.1) is 0 Å². The largest absolute Gasteiger partial charge is 0.493 e. The standard InChI is InChI=1S/C20H21NO2/c1-22-19-10-8-16(12-20(19)23-2)14-21-13-15-7-9-17-5-3-4-6-18(17)11-15/h3-12,21H,13-14H2,1-2H3. The van der Waals surface area contributed by atoms with Crippen LogP contribution in [0.3, 0.4) is 0 Å². The predicted octanol–water partition coefficient (Wildman–Crippen LogP) is 4.15. The van der Waals surface area contributed by atoms with Gasteiger partial charge >= 0.3 is 0 Å². The molecule has 3 heteroatoms. The lowest BCUT2D eigenvalue weighted by Crippen LogP contribution is -2.12. The quantitative estimate of drug-likeness (QED) is 0.742. The van der Waals surface area contributed by atoms with E-state index in [0.717, 1.165) is 24.6 Å². The Morgan fingerprint density at radius 3 is 2.09 bits per heavy atom. The highest BCUT2D eigenvalue weighted by Gasteiger charge is 2.04. The molecule has 0 bridgehead atoms. The van der Waals surface area contributed by atoms with Crippen LogP contribution in [0.1, 0.15) is 11.1 Å². The molecule has 0 aliphatic heterocycles. The third-order valence-corrected chi connectivity index (χ3v) is 3.92. The third kappa shape index (κ3) is 3.63. The summed E-state index contributed by atoms with van der Waals surface area (Å²) in [5, 5.41) is 6.03. The molecule has 0 aromatic heterocycles. The van der Waals surface area contributed by atoms with Crippen molar-refractivity contribution in [3.05, 3.63) is 71.8 Å². The van der Waals surface area contributed by atoms with Crippen LogP contribution in [-0.2, 0) is 13.1 Å². The second-order valence-electron chi connectivity index (χ2n) is 5.47. The normalized spacial score (nSPS) is 10.7. The van der Waals surface area contributed by atoms with Gasteiger partial charge in [-0.25, -0.2) is 0 Å². The molecule has 0 unspecified atom stereocenters. The molecular weight excluding hydrogens is 286 g/mol. The summed E-state index contributed by atoms with van der Waals surface area (Å²) in [4.78, 5) is 0. The Labute approximate surface area is 136 Å². The molecule has 0 atom stereocenters. The molecule has 0 saturated heterocycles. The van der Waals surface area contributed by atoms with Gasteiger partial charge in [0.1, 0.15) is 0 Å². The van der Waals surface area contributed by atoms with Crippen molar-refractivity contribution in [1.82, 2.24) is 5.32 Å². The zero-order valence-electron chi connectivity index (χ0n) is 13.5. The molecule has 0 saturated carbocycles. The van der Waals surface area contributed by atoms with E-state index in [-0.39, 0.29) is 0 Å². The van der Waals surface area contributed by atoms with E-state index in [9.17, 15) is 0 Å². The first kappa shape index (κ1) is 15.4. The van der Waals surface area contributed by atoms with Crippen molar-refractivity contribution in [1.29, 1.82) is 0 Å². The molecular formula is C20H21NO2. The Kier molecular flexibility index (Phi) is 4.79. The number of hydrogen-bond donors (Lipinski definition) is 1.